The predicted octanol–water partition coefficient (Wildman–Crippen LogP) is 0.708. The molecule has 0 aromatic carbocycles. The fourth-order valence-corrected chi connectivity index (χ4v) is 3.33. The highest BCUT2D eigenvalue weighted by molar-refractivity contribution is 8.05. The number of carbonyl (C=O) groups is 1. The first kappa shape index (κ1) is 10.6. The van der Waals surface area contributed by atoms with Crippen molar-refractivity contribution in [1.82, 2.24) is 0 Å². The number of thioether (sulfide) groups is 1. The van der Waals surface area contributed by atoms with Gasteiger partial charge >= 0.3 is 5.97 Å². The van der Waals surface area contributed by atoms with Crippen LogP contribution < -0.4 is 0 Å². The Hall–Kier alpha value is -0.460. The van der Waals surface area contributed by atoms with Crippen LogP contribution in [-0.2, 0) is 15.1 Å². The number of hydrogen-bond acceptors (Lipinski definition) is 4. The third-order valence-corrected chi connectivity index (χ3v) is 4.07. The first-order valence-electron chi connectivity index (χ1n) is 3.21. The van der Waals surface area contributed by atoms with E-state index in [1.807, 2.05) is 0 Å². The van der Waals surface area contributed by atoms with Crippen LogP contribution in [0.2, 0.25) is 0 Å². The molecular weight excluding hydrogens is 236 g/mol. The highest BCUT2D eigenvalue weighted by Crippen LogP contribution is 2.31. The molecule has 1 atom stereocenters. The third-order valence-electron chi connectivity index (χ3n) is 1.40. The van der Waals surface area contributed by atoms with Crippen molar-refractivity contribution in [2.24, 2.45) is 0 Å². The second kappa shape index (κ2) is 4.17. The molecule has 13 heavy (non-hydrogen) atoms. The van der Waals surface area contributed by atoms with Crippen molar-refractivity contribution in [1.29, 1.82) is 0 Å². The van der Waals surface area contributed by atoms with Crippen molar-refractivity contribution in [3.63, 3.8) is 0 Å². The average Bonchev–Trinajstić information content (AvgIpc) is 2.30. The largest absolute Gasteiger partial charge is 0.481 e. The topological polar surface area (TPSA) is 71.4 Å². The second-order valence-electron chi connectivity index (χ2n) is 2.29. The Kier molecular flexibility index (Phi) is 3.40. The first-order valence-corrected chi connectivity index (χ1v) is 5.61. The molecule has 0 aromatic rings. The summed E-state index contributed by atoms with van der Waals surface area (Å²) in [6.07, 6.45) is -0.235. The number of hydrogen-bond donors (Lipinski definition) is 1. The summed E-state index contributed by atoms with van der Waals surface area (Å²) in [5, 5.41) is 9.45. The predicted molar refractivity (Wildman–Crippen MR) is 51.5 cm³/mol. The van der Waals surface area contributed by atoms with Gasteiger partial charge in [0.15, 0.2) is 0 Å². The summed E-state index contributed by atoms with van der Waals surface area (Å²) >= 11 is 6.68. The molecule has 0 amide bonds. The number of carboxylic acid groups (broad SMARTS) is 1. The lowest BCUT2D eigenvalue weighted by Gasteiger charge is -2.03. The fraction of sp³-hybridized carbons (Fsp3) is 0.333. The molecule has 0 saturated carbocycles. The standard InChI is InChI=1S/C6H5ClO4S2/c7-3-2-12-4(1-5(8)9)6(3)13(10)11/h2,4H,1H2,(H,8,9). The summed E-state index contributed by atoms with van der Waals surface area (Å²) in [6, 6.07) is 0. The van der Waals surface area contributed by atoms with Gasteiger partial charge in [-0.25, -0.2) is 0 Å². The van der Waals surface area contributed by atoms with E-state index in [1.165, 1.54) is 5.41 Å². The minimum absolute atomic E-state index is 0.0194. The normalized spacial score (nSPS) is 21.5. The quantitative estimate of drug-likeness (QED) is 0.720. The number of allylic oxidation sites excluding steroid dienone is 1. The molecule has 0 radical (unpaired) electrons. The number of carboxylic acids is 1. The second-order valence-corrected chi connectivity index (χ2v) is 4.68. The van der Waals surface area contributed by atoms with Gasteiger partial charge in [-0.3, -0.25) is 4.79 Å². The third kappa shape index (κ3) is 2.49. The van der Waals surface area contributed by atoms with Gasteiger partial charge in [0.25, 0.3) is 0 Å². The van der Waals surface area contributed by atoms with Crippen molar-refractivity contribution in [2.75, 3.05) is 0 Å². The van der Waals surface area contributed by atoms with E-state index in [0.29, 0.717) is 0 Å². The number of rotatable bonds is 2. The lowest BCUT2D eigenvalue weighted by atomic mass is 10.2. The molecule has 4 nitrogen and oxygen atoms in total. The van der Waals surface area contributed by atoms with Crippen molar-refractivity contribution in [2.45, 2.75) is 11.7 Å². The molecule has 0 saturated heterocycles. The Morgan fingerprint density at radius 3 is 2.77 bits per heavy atom. The van der Waals surface area contributed by atoms with E-state index in [2.05, 4.69) is 0 Å². The molecule has 1 aliphatic rings. The first-order chi connectivity index (χ1) is 6.02. The molecule has 0 fully saturated rings. The molecule has 7 heteroatoms. The SMILES string of the molecule is O=C(O)CC1SC=C(Cl)C1=S(=O)=O. The van der Waals surface area contributed by atoms with Crippen LogP contribution in [0.1, 0.15) is 6.42 Å². The number of halogens is 1. The van der Waals surface area contributed by atoms with E-state index in [4.69, 9.17) is 16.7 Å². The van der Waals surface area contributed by atoms with Crippen LogP contribution in [0.4, 0.5) is 0 Å². The van der Waals surface area contributed by atoms with Gasteiger partial charge in [0.1, 0.15) is 4.86 Å². The van der Waals surface area contributed by atoms with E-state index in [0.717, 1.165) is 11.8 Å². The molecule has 1 N–H and O–H groups in total. The smallest absolute Gasteiger partial charge is 0.304 e. The maximum atomic E-state index is 10.6. The highest BCUT2D eigenvalue weighted by atomic mass is 35.5. The van der Waals surface area contributed by atoms with Crippen LogP contribution in [0, 0.1) is 0 Å². The Labute approximate surface area is 85.1 Å². The van der Waals surface area contributed by atoms with Crippen LogP contribution >= 0.6 is 23.4 Å². The van der Waals surface area contributed by atoms with Gasteiger partial charge in [-0.05, 0) is 5.41 Å². The molecule has 1 heterocycles. The van der Waals surface area contributed by atoms with Gasteiger partial charge in [0.2, 0.25) is 10.3 Å². The summed E-state index contributed by atoms with van der Waals surface area (Å²) in [6.45, 7) is 0. The maximum absolute atomic E-state index is 10.6. The summed E-state index contributed by atoms with van der Waals surface area (Å²) in [4.78, 5) is 10.3. The van der Waals surface area contributed by atoms with E-state index < -0.39 is 21.5 Å². The van der Waals surface area contributed by atoms with Crippen LogP contribution in [-0.4, -0.2) is 29.6 Å². The van der Waals surface area contributed by atoms with Crippen molar-refractivity contribution in [3.05, 3.63) is 10.4 Å². The van der Waals surface area contributed by atoms with Gasteiger partial charge in [-0.15, -0.1) is 11.8 Å². The molecule has 1 rings (SSSR count). The van der Waals surface area contributed by atoms with Gasteiger partial charge in [0.05, 0.1) is 16.7 Å². The van der Waals surface area contributed by atoms with E-state index >= 15 is 0 Å². The Morgan fingerprint density at radius 1 is 1.69 bits per heavy atom. The van der Waals surface area contributed by atoms with Crippen LogP contribution in [0.3, 0.4) is 0 Å². The Balaban J connectivity index is 2.96. The zero-order valence-corrected chi connectivity index (χ0v) is 8.62. The van der Waals surface area contributed by atoms with Crippen LogP contribution in [0.25, 0.3) is 0 Å². The van der Waals surface area contributed by atoms with Crippen molar-refractivity contribution >= 4 is 44.5 Å². The minimum Gasteiger partial charge on any atom is -0.481 e. The van der Waals surface area contributed by atoms with E-state index in [1.54, 1.807) is 0 Å². The Bertz CT molecular complexity index is 387. The molecule has 0 aromatic heterocycles. The van der Waals surface area contributed by atoms with Crippen LogP contribution in [0.15, 0.2) is 10.4 Å². The lowest BCUT2D eigenvalue weighted by molar-refractivity contribution is -0.136. The summed E-state index contributed by atoms with van der Waals surface area (Å²) in [5.74, 6) is -1.04. The maximum Gasteiger partial charge on any atom is 0.304 e. The van der Waals surface area contributed by atoms with Gasteiger partial charge in [-0.2, -0.15) is 8.42 Å². The van der Waals surface area contributed by atoms with Crippen molar-refractivity contribution < 1.29 is 18.3 Å². The fourth-order valence-electron chi connectivity index (χ4n) is 0.902. The molecule has 0 bridgehead atoms. The number of aliphatic carboxylic acids is 1. The van der Waals surface area contributed by atoms with E-state index in [-0.39, 0.29) is 16.3 Å². The average molecular weight is 241 g/mol. The van der Waals surface area contributed by atoms with Crippen molar-refractivity contribution in [3.8, 4) is 0 Å². The molecule has 1 aliphatic heterocycles. The summed E-state index contributed by atoms with van der Waals surface area (Å²) in [5.41, 5.74) is 0. The Morgan fingerprint density at radius 2 is 2.31 bits per heavy atom. The molecule has 0 spiro atoms. The summed E-state index contributed by atoms with van der Waals surface area (Å²) in [7, 11) is -2.44. The molecular formula is C6H5ClO4S2. The lowest BCUT2D eigenvalue weighted by Crippen LogP contribution is -2.18. The van der Waals surface area contributed by atoms with Gasteiger partial charge in [0, 0.05) is 0 Å². The molecule has 0 aliphatic carbocycles. The highest BCUT2D eigenvalue weighted by Gasteiger charge is 2.28. The van der Waals surface area contributed by atoms with Crippen LogP contribution in [0.5, 0.6) is 0 Å². The van der Waals surface area contributed by atoms with Gasteiger partial charge < -0.3 is 5.11 Å². The summed E-state index contributed by atoms with van der Waals surface area (Å²) < 4.78 is 21.3. The molecule has 72 valence electrons. The monoisotopic (exact) mass is 240 g/mol. The van der Waals surface area contributed by atoms with Gasteiger partial charge in [-0.1, -0.05) is 11.6 Å². The molecule has 1 unspecified atom stereocenters. The van der Waals surface area contributed by atoms with E-state index in [9.17, 15) is 13.2 Å². The minimum atomic E-state index is -2.44. The zero-order valence-electron chi connectivity index (χ0n) is 6.23. The zero-order chi connectivity index (χ0) is 10.0.